The lowest BCUT2D eigenvalue weighted by Crippen LogP contribution is -2.38. The SMILES string of the molecule is CN(c1cccc(C(=O)O)c1)C(C)(C)C. The topological polar surface area (TPSA) is 40.5 Å². The number of benzene rings is 1. The molecule has 0 aliphatic heterocycles. The maximum atomic E-state index is 10.8. The van der Waals surface area contributed by atoms with Gasteiger partial charge in [-0.3, -0.25) is 0 Å². The van der Waals surface area contributed by atoms with Crippen LogP contribution in [-0.4, -0.2) is 23.7 Å². The van der Waals surface area contributed by atoms with E-state index in [1.165, 1.54) is 0 Å². The molecule has 0 aromatic heterocycles. The van der Waals surface area contributed by atoms with Gasteiger partial charge in [-0.15, -0.1) is 0 Å². The lowest BCUT2D eigenvalue weighted by atomic mass is 10.1. The molecule has 3 heteroatoms. The van der Waals surface area contributed by atoms with Crippen molar-refractivity contribution >= 4 is 11.7 Å². The Hall–Kier alpha value is -1.51. The van der Waals surface area contributed by atoms with E-state index in [0.717, 1.165) is 5.69 Å². The highest BCUT2D eigenvalue weighted by atomic mass is 16.4. The van der Waals surface area contributed by atoms with Gasteiger partial charge in [0.05, 0.1) is 5.56 Å². The third-order valence-electron chi connectivity index (χ3n) is 2.49. The number of carboxylic acid groups (broad SMARTS) is 1. The summed E-state index contributed by atoms with van der Waals surface area (Å²) in [5.41, 5.74) is 1.22. The van der Waals surface area contributed by atoms with Crippen LogP contribution in [0, 0.1) is 0 Å². The molecule has 0 amide bonds. The highest BCUT2D eigenvalue weighted by molar-refractivity contribution is 5.88. The van der Waals surface area contributed by atoms with E-state index in [0.29, 0.717) is 5.56 Å². The number of carboxylic acids is 1. The molecule has 1 aromatic carbocycles. The van der Waals surface area contributed by atoms with Crippen molar-refractivity contribution in [3.8, 4) is 0 Å². The van der Waals surface area contributed by atoms with E-state index in [2.05, 4.69) is 25.7 Å². The van der Waals surface area contributed by atoms with Gasteiger partial charge in [-0.1, -0.05) is 6.07 Å². The molecule has 0 spiro atoms. The van der Waals surface area contributed by atoms with E-state index in [9.17, 15) is 4.79 Å². The van der Waals surface area contributed by atoms with Crippen molar-refractivity contribution in [1.82, 2.24) is 0 Å². The van der Waals surface area contributed by atoms with Crippen LogP contribution in [0.15, 0.2) is 24.3 Å². The molecule has 0 radical (unpaired) electrons. The fourth-order valence-corrected chi connectivity index (χ4v) is 1.23. The van der Waals surface area contributed by atoms with E-state index >= 15 is 0 Å². The van der Waals surface area contributed by atoms with Crippen molar-refractivity contribution in [2.24, 2.45) is 0 Å². The molecule has 1 N–H and O–H groups in total. The van der Waals surface area contributed by atoms with Crippen LogP contribution >= 0.6 is 0 Å². The third kappa shape index (κ3) is 2.72. The van der Waals surface area contributed by atoms with Crippen molar-refractivity contribution in [3.05, 3.63) is 29.8 Å². The molecule has 0 atom stereocenters. The third-order valence-corrected chi connectivity index (χ3v) is 2.49. The Morgan fingerprint density at radius 3 is 2.40 bits per heavy atom. The maximum Gasteiger partial charge on any atom is 0.335 e. The minimum atomic E-state index is -0.890. The first kappa shape index (κ1) is 11.6. The summed E-state index contributed by atoms with van der Waals surface area (Å²) >= 11 is 0. The smallest absolute Gasteiger partial charge is 0.335 e. The zero-order valence-electron chi connectivity index (χ0n) is 9.61. The van der Waals surface area contributed by atoms with Crippen LogP contribution in [0.2, 0.25) is 0 Å². The highest BCUT2D eigenvalue weighted by Gasteiger charge is 2.18. The molecule has 82 valence electrons. The monoisotopic (exact) mass is 207 g/mol. The second kappa shape index (κ2) is 3.93. The molecule has 0 saturated heterocycles. The molecule has 0 bridgehead atoms. The molecular weight excluding hydrogens is 190 g/mol. The van der Waals surface area contributed by atoms with Crippen LogP contribution in [0.1, 0.15) is 31.1 Å². The van der Waals surface area contributed by atoms with Crippen molar-refractivity contribution in [3.63, 3.8) is 0 Å². The Balaban J connectivity index is 3.06. The number of rotatable bonds is 2. The quantitative estimate of drug-likeness (QED) is 0.810. The Bertz CT molecular complexity index is 366. The van der Waals surface area contributed by atoms with Gasteiger partial charge in [0.25, 0.3) is 0 Å². The van der Waals surface area contributed by atoms with E-state index in [4.69, 9.17) is 5.11 Å². The van der Waals surface area contributed by atoms with Crippen LogP contribution in [0.3, 0.4) is 0 Å². The summed E-state index contributed by atoms with van der Waals surface area (Å²) in [4.78, 5) is 12.9. The van der Waals surface area contributed by atoms with Gasteiger partial charge in [-0.05, 0) is 39.0 Å². The normalized spacial score (nSPS) is 11.2. The summed E-state index contributed by atoms with van der Waals surface area (Å²) in [6, 6.07) is 6.97. The van der Waals surface area contributed by atoms with Crippen molar-refractivity contribution < 1.29 is 9.90 Å². The predicted molar refractivity (Wildman–Crippen MR) is 61.6 cm³/mol. The van der Waals surface area contributed by atoms with Crippen LogP contribution < -0.4 is 4.90 Å². The van der Waals surface area contributed by atoms with Crippen LogP contribution in [-0.2, 0) is 0 Å². The molecule has 3 nitrogen and oxygen atoms in total. The van der Waals surface area contributed by atoms with Gasteiger partial charge in [0, 0.05) is 18.3 Å². The molecule has 0 unspecified atom stereocenters. The first-order chi connectivity index (χ1) is 6.82. The van der Waals surface area contributed by atoms with Gasteiger partial charge in [0.15, 0.2) is 0 Å². The summed E-state index contributed by atoms with van der Waals surface area (Å²) in [5.74, 6) is -0.890. The van der Waals surface area contributed by atoms with E-state index < -0.39 is 5.97 Å². The summed E-state index contributed by atoms with van der Waals surface area (Å²) < 4.78 is 0. The van der Waals surface area contributed by atoms with E-state index in [-0.39, 0.29) is 5.54 Å². The number of anilines is 1. The van der Waals surface area contributed by atoms with Crippen molar-refractivity contribution in [2.75, 3.05) is 11.9 Å². The number of nitrogens with zero attached hydrogens (tertiary/aromatic N) is 1. The molecule has 0 fully saturated rings. The van der Waals surface area contributed by atoms with Gasteiger partial charge >= 0.3 is 5.97 Å². The Kier molecular flexibility index (Phi) is 3.03. The van der Waals surface area contributed by atoms with Gasteiger partial charge in [0.2, 0.25) is 0 Å². The Morgan fingerprint density at radius 2 is 1.93 bits per heavy atom. The number of carbonyl (C=O) groups is 1. The standard InChI is InChI=1S/C12H17NO2/c1-12(2,3)13(4)10-7-5-6-9(8-10)11(14)15/h5-8H,1-4H3,(H,14,15). The maximum absolute atomic E-state index is 10.8. The first-order valence-electron chi connectivity index (χ1n) is 4.89. The van der Waals surface area contributed by atoms with Gasteiger partial charge < -0.3 is 10.0 Å². The largest absolute Gasteiger partial charge is 0.478 e. The van der Waals surface area contributed by atoms with Gasteiger partial charge in [0.1, 0.15) is 0 Å². The fourth-order valence-electron chi connectivity index (χ4n) is 1.23. The zero-order valence-corrected chi connectivity index (χ0v) is 9.61. The van der Waals surface area contributed by atoms with E-state index in [1.807, 2.05) is 13.1 Å². The van der Waals surface area contributed by atoms with Crippen LogP contribution in [0.4, 0.5) is 5.69 Å². The van der Waals surface area contributed by atoms with E-state index in [1.54, 1.807) is 18.2 Å². The van der Waals surface area contributed by atoms with Crippen LogP contribution in [0.25, 0.3) is 0 Å². The lowest BCUT2D eigenvalue weighted by Gasteiger charge is -2.34. The summed E-state index contributed by atoms with van der Waals surface area (Å²) in [7, 11) is 1.96. The minimum Gasteiger partial charge on any atom is -0.478 e. The van der Waals surface area contributed by atoms with Crippen molar-refractivity contribution in [2.45, 2.75) is 26.3 Å². The average Bonchev–Trinajstić information content (AvgIpc) is 2.15. The van der Waals surface area contributed by atoms with Gasteiger partial charge in [-0.2, -0.15) is 0 Å². The zero-order chi connectivity index (χ0) is 11.6. The second-order valence-corrected chi connectivity index (χ2v) is 4.59. The highest BCUT2D eigenvalue weighted by Crippen LogP contribution is 2.22. The molecule has 0 aliphatic rings. The molecule has 1 aromatic rings. The first-order valence-corrected chi connectivity index (χ1v) is 4.89. The Morgan fingerprint density at radius 1 is 1.33 bits per heavy atom. The van der Waals surface area contributed by atoms with Crippen molar-refractivity contribution in [1.29, 1.82) is 0 Å². The molecule has 15 heavy (non-hydrogen) atoms. The number of hydrogen-bond acceptors (Lipinski definition) is 2. The summed E-state index contributed by atoms with van der Waals surface area (Å²) in [6.45, 7) is 6.25. The second-order valence-electron chi connectivity index (χ2n) is 4.59. The summed E-state index contributed by atoms with van der Waals surface area (Å²) in [5, 5.41) is 8.88. The predicted octanol–water partition coefficient (Wildman–Crippen LogP) is 2.62. The molecular formula is C12H17NO2. The Labute approximate surface area is 90.3 Å². The lowest BCUT2D eigenvalue weighted by molar-refractivity contribution is 0.0697. The summed E-state index contributed by atoms with van der Waals surface area (Å²) in [6.07, 6.45) is 0. The molecule has 0 aliphatic carbocycles. The number of aromatic carboxylic acids is 1. The fraction of sp³-hybridized carbons (Fsp3) is 0.417. The number of hydrogen-bond donors (Lipinski definition) is 1. The molecule has 0 saturated carbocycles. The minimum absolute atomic E-state index is 0.0167. The average molecular weight is 207 g/mol. The van der Waals surface area contributed by atoms with Crippen LogP contribution in [0.5, 0.6) is 0 Å². The molecule has 1 rings (SSSR count). The molecule has 0 heterocycles. The van der Waals surface area contributed by atoms with Gasteiger partial charge in [-0.25, -0.2) is 4.79 Å².